The van der Waals surface area contributed by atoms with Crippen LogP contribution in [0.3, 0.4) is 0 Å². The van der Waals surface area contributed by atoms with Gasteiger partial charge in [0.1, 0.15) is 12.9 Å². The summed E-state index contributed by atoms with van der Waals surface area (Å²) in [5.74, 6) is 1.57. The van der Waals surface area contributed by atoms with Crippen LogP contribution in [0.15, 0.2) is 11.3 Å². The Labute approximate surface area is 137 Å². The molecule has 0 bridgehead atoms. The van der Waals surface area contributed by atoms with E-state index in [1.807, 2.05) is 32.4 Å². The first kappa shape index (κ1) is 19.1. The lowest BCUT2D eigenvalue weighted by Crippen LogP contribution is -2.45. The van der Waals surface area contributed by atoms with E-state index in [2.05, 4.69) is 25.8 Å². The minimum Gasteiger partial charge on any atom is -0.377 e. The highest BCUT2D eigenvalue weighted by Gasteiger charge is 2.16. The molecule has 1 aromatic heterocycles. The van der Waals surface area contributed by atoms with E-state index in [0.29, 0.717) is 13.1 Å². The van der Waals surface area contributed by atoms with Gasteiger partial charge in [0.25, 0.3) is 0 Å². The third-order valence-corrected chi connectivity index (χ3v) is 2.76. The fraction of sp³-hybridized carbons (Fsp3) is 0.750. The molecule has 1 heterocycles. The summed E-state index contributed by atoms with van der Waals surface area (Å²) in [6, 6.07) is 0. The maximum atomic E-state index is 5.36. The maximum Gasteiger partial charge on any atom is 0.191 e. The standard InChI is InChI=1S/C12H24N6O.HI/c1-6-13-11(15-8-12(2,3)19-5)14-7-10-17-16-9-18(10)4;/h9H,6-8H2,1-5H3,(H2,13,14,15);1H. The van der Waals surface area contributed by atoms with Gasteiger partial charge in [-0.3, -0.25) is 0 Å². The largest absolute Gasteiger partial charge is 0.377 e. The van der Waals surface area contributed by atoms with Gasteiger partial charge in [-0.2, -0.15) is 0 Å². The van der Waals surface area contributed by atoms with E-state index < -0.39 is 0 Å². The number of aliphatic imine (C=N–C) groups is 1. The molecule has 20 heavy (non-hydrogen) atoms. The van der Waals surface area contributed by atoms with Gasteiger partial charge >= 0.3 is 0 Å². The maximum absolute atomic E-state index is 5.36. The monoisotopic (exact) mass is 396 g/mol. The molecule has 0 spiro atoms. The van der Waals surface area contributed by atoms with Crippen LogP contribution >= 0.6 is 24.0 Å². The lowest BCUT2D eigenvalue weighted by Gasteiger charge is -2.24. The third-order valence-electron chi connectivity index (χ3n) is 2.76. The lowest BCUT2D eigenvalue weighted by molar-refractivity contribution is 0.0268. The number of ether oxygens (including phenoxy) is 1. The van der Waals surface area contributed by atoms with E-state index in [9.17, 15) is 0 Å². The van der Waals surface area contributed by atoms with Crippen molar-refractivity contribution in [2.45, 2.75) is 32.9 Å². The summed E-state index contributed by atoms with van der Waals surface area (Å²) in [6.07, 6.45) is 1.67. The number of methoxy groups -OCH3 is 1. The van der Waals surface area contributed by atoms with Gasteiger partial charge in [-0.05, 0) is 20.8 Å². The summed E-state index contributed by atoms with van der Waals surface area (Å²) >= 11 is 0. The Morgan fingerprint density at radius 1 is 1.45 bits per heavy atom. The zero-order chi connectivity index (χ0) is 14.3. The number of aromatic nitrogens is 3. The first-order valence-corrected chi connectivity index (χ1v) is 6.38. The van der Waals surface area contributed by atoms with Crippen molar-refractivity contribution in [2.75, 3.05) is 20.2 Å². The van der Waals surface area contributed by atoms with E-state index >= 15 is 0 Å². The topological polar surface area (TPSA) is 76.4 Å². The van der Waals surface area contributed by atoms with Crippen molar-refractivity contribution >= 4 is 29.9 Å². The predicted molar refractivity (Wildman–Crippen MR) is 90.3 cm³/mol. The molecule has 8 heteroatoms. The van der Waals surface area contributed by atoms with Crippen molar-refractivity contribution in [2.24, 2.45) is 12.0 Å². The minimum absolute atomic E-state index is 0. The van der Waals surface area contributed by atoms with Gasteiger partial charge in [0.2, 0.25) is 0 Å². The molecule has 2 N–H and O–H groups in total. The van der Waals surface area contributed by atoms with Gasteiger partial charge in [0.15, 0.2) is 11.8 Å². The molecule has 0 radical (unpaired) electrons. The van der Waals surface area contributed by atoms with Gasteiger partial charge in [-0.1, -0.05) is 0 Å². The van der Waals surface area contributed by atoms with Gasteiger partial charge in [0.05, 0.1) is 5.60 Å². The molecule has 0 aliphatic rings. The number of halogens is 1. The molecule has 116 valence electrons. The molecule has 1 rings (SSSR count). The van der Waals surface area contributed by atoms with Crippen molar-refractivity contribution in [3.8, 4) is 0 Å². The van der Waals surface area contributed by atoms with Crippen LogP contribution in [0.25, 0.3) is 0 Å². The van der Waals surface area contributed by atoms with Gasteiger partial charge in [-0.25, -0.2) is 4.99 Å². The van der Waals surface area contributed by atoms with Crippen LogP contribution in [0.4, 0.5) is 0 Å². The molecule has 0 amide bonds. The number of nitrogens with zero attached hydrogens (tertiary/aromatic N) is 4. The Morgan fingerprint density at radius 2 is 2.15 bits per heavy atom. The minimum atomic E-state index is -0.235. The molecule has 0 atom stereocenters. The molecule has 1 aromatic rings. The smallest absolute Gasteiger partial charge is 0.191 e. The molecule has 0 aliphatic heterocycles. The Kier molecular flexibility index (Phi) is 8.70. The zero-order valence-electron chi connectivity index (χ0n) is 12.8. The van der Waals surface area contributed by atoms with E-state index in [1.54, 1.807) is 13.4 Å². The van der Waals surface area contributed by atoms with E-state index in [-0.39, 0.29) is 29.6 Å². The predicted octanol–water partition coefficient (Wildman–Crippen LogP) is 0.913. The molecule has 0 aromatic carbocycles. The summed E-state index contributed by atoms with van der Waals surface area (Å²) in [4.78, 5) is 4.47. The van der Waals surface area contributed by atoms with Crippen molar-refractivity contribution in [1.29, 1.82) is 0 Å². The Hall–Kier alpha value is -0.900. The molecular formula is C12H25IN6O. The fourth-order valence-corrected chi connectivity index (χ4v) is 1.31. The quantitative estimate of drug-likeness (QED) is 0.425. The number of guanidine groups is 1. The Morgan fingerprint density at radius 3 is 2.65 bits per heavy atom. The second-order valence-corrected chi connectivity index (χ2v) is 4.87. The summed E-state index contributed by atoms with van der Waals surface area (Å²) < 4.78 is 7.22. The first-order valence-electron chi connectivity index (χ1n) is 6.38. The highest BCUT2D eigenvalue weighted by Crippen LogP contribution is 2.04. The van der Waals surface area contributed by atoms with Crippen molar-refractivity contribution in [3.05, 3.63) is 12.2 Å². The van der Waals surface area contributed by atoms with Crippen LogP contribution in [0.1, 0.15) is 26.6 Å². The van der Waals surface area contributed by atoms with Crippen LogP contribution < -0.4 is 10.6 Å². The average Bonchev–Trinajstić information content (AvgIpc) is 2.78. The van der Waals surface area contributed by atoms with Gasteiger partial charge in [0, 0.05) is 27.2 Å². The number of aryl methyl sites for hydroxylation is 1. The van der Waals surface area contributed by atoms with Crippen molar-refractivity contribution in [3.63, 3.8) is 0 Å². The SMILES string of the molecule is CCNC(=NCc1nncn1C)NCC(C)(C)OC.I. The molecule has 0 fully saturated rings. The second-order valence-electron chi connectivity index (χ2n) is 4.87. The van der Waals surface area contributed by atoms with Gasteiger partial charge in [-0.15, -0.1) is 34.2 Å². The molecule has 0 aliphatic carbocycles. The lowest BCUT2D eigenvalue weighted by atomic mass is 10.1. The normalized spacial score (nSPS) is 11.9. The summed E-state index contributed by atoms with van der Waals surface area (Å²) in [5.41, 5.74) is -0.235. The van der Waals surface area contributed by atoms with Crippen LogP contribution in [-0.2, 0) is 18.3 Å². The zero-order valence-corrected chi connectivity index (χ0v) is 15.1. The highest BCUT2D eigenvalue weighted by atomic mass is 127. The van der Waals surface area contributed by atoms with E-state index in [0.717, 1.165) is 18.3 Å². The van der Waals surface area contributed by atoms with Crippen molar-refractivity contribution < 1.29 is 4.74 Å². The summed E-state index contributed by atoms with van der Waals surface area (Å²) in [6.45, 7) is 8.03. The van der Waals surface area contributed by atoms with Gasteiger partial charge < -0.3 is 19.9 Å². The Bertz CT molecular complexity index is 418. The van der Waals surface area contributed by atoms with Crippen molar-refractivity contribution in [1.82, 2.24) is 25.4 Å². The van der Waals surface area contributed by atoms with Crippen LogP contribution in [0.5, 0.6) is 0 Å². The second kappa shape index (κ2) is 9.11. The van der Waals surface area contributed by atoms with Crippen LogP contribution in [0, 0.1) is 0 Å². The molecule has 0 saturated carbocycles. The molecular weight excluding hydrogens is 371 g/mol. The van der Waals surface area contributed by atoms with Crippen LogP contribution in [0.2, 0.25) is 0 Å². The van der Waals surface area contributed by atoms with Crippen LogP contribution in [-0.4, -0.2) is 46.5 Å². The van der Waals surface area contributed by atoms with E-state index in [4.69, 9.17) is 4.74 Å². The summed E-state index contributed by atoms with van der Waals surface area (Å²) in [5, 5.41) is 14.3. The number of rotatable bonds is 6. The third kappa shape index (κ3) is 6.51. The van der Waals surface area contributed by atoms with E-state index in [1.165, 1.54) is 0 Å². The number of hydrogen-bond acceptors (Lipinski definition) is 4. The molecule has 7 nitrogen and oxygen atoms in total. The number of nitrogens with one attached hydrogen (secondary N) is 2. The molecule has 0 saturated heterocycles. The summed E-state index contributed by atoms with van der Waals surface area (Å²) in [7, 11) is 3.60. The molecule has 0 unspecified atom stereocenters. The highest BCUT2D eigenvalue weighted by molar-refractivity contribution is 14.0. The number of hydrogen-bond donors (Lipinski definition) is 2. The first-order chi connectivity index (χ1) is 8.98. The fourth-order valence-electron chi connectivity index (χ4n) is 1.31. The average molecular weight is 396 g/mol. The Balaban J connectivity index is 0.00000361.